The van der Waals surface area contributed by atoms with E-state index in [0.29, 0.717) is 6.04 Å². The van der Waals surface area contributed by atoms with Gasteiger partial charge in [-0.3, -0.25) is 0 Å². The first-order valence-electron chi connectivity index (χ1n) is 6.72. The fourth-order valence-corrected chi connectivity index (χ4v) is 2.69. The summed E-state index contributed by atoms with van der Waals surface area (Å²) in [4.78, 5) is 0. The first kappa shape index (κ1) is 12.6. The number of rotatable bonds is 4. The number of nitrogens with one attached hydrogen (secondary N) is 1. The van der Waals surface area contributed by atoms with E-state index in [4.69, 9.17) is 0 Å². The first-order chi connectivity index (χ1) is 8.25. The lowest BCUT2D eigenvalue weighted by molar-refractivity contribution is 0.180. The van der Waals surface area contributed by atoms with Crippen molar-refractivity contribution in [1.29, 1.82) is 0 Å². The summed E-state index contributed by atoms with van der Waals surface area (Å²) in [6, 6.07) is 11.4. The van der Waals surface area contributed by atoms with Gasteiger partial charge in [-0.15, -0.1) is 0 Å². The fraction of sp³-hybridized carbons (Fsp3) is 0.600. The van der Waals surface area contributed by atoms with Gasteiger partial charge in [0.05, 0.1) is 6.10 Å². The van der Waals surface area contributed by atoms with Crippen LogP contribution in [0.2, 0.25) is 0 Å². The Morgan fingerprint density at radius 1 is 1.18 bits per heavy atom. The zero-order valence-electron chi connectivity index (χ0n) is 10.6. The molecule has 1 unspecified atom stereocenters. The zero-order valence-corrected chi connectivity index (χ0v) is 10.6. The molecule has 0 heterocycles. The van der Waals surface area contributed by atoms with E-state index in [9.17, 15) is 5.11 Å². The van der Waals surface area contributed by atoms with Gasteiger partial charge in [0, 0.05) is 12.6 Å². The van der Waals surface area contributed by atoms with Crippen LogP contribution in [0.25, 0.3) is 0 Å². The molecule has 94 valence electrons. The molecule has 2 nitrogen and oxygen atoms in total. The highest BCUT2D eigenvalue weighted by atomic mass is 16.3. The van der Waals surface area contributed by atoms with Gasteiger partial charge in [0.15, 0.2) is 0 Å². The first-order valence-corrected chi connectivity index (χ1v) is 6.72. The summed E-state index contributed by atoms with van der Waals surface area (Å²) in [5, 5.41) is 12.7. The normalized spacial score (nSPS) is 26.7. The second-order valence-electron chi connectivity index (χ2n) is 5.22. The molecule has 0 aromatic heterocycles. The Labute approximate surface area is 104 Å². The Bertz CT molecular complexity index is 315. The maximum atomic E-state index is 9.25. The number of hydrogen-bond acceptors (Lipinski definition) is 2. The maximum absolute atomic E-state index is 9.25. The van der Waals surface area contributed by atoms with Gasteiger partial charge in [0.2, 0.25) is 0 Å². The fourth-order valence-electron chi connectivity index (χ4n) is 2.69. The van der Waals surface area contributed by atoms with Crippen LogP contribution >= 0.6 is 0 Å². The molecule has 17 heavy (non-hydrogen) atoms. The van der Waals surface area contributed by atoms with Crippen molar-refractivity contribution in [2.75, 3.05) is 6.54 Å². The van der Waals surface area contributed by atoms with E-state index in [0.717, 1.165) is 12.5 Å². The third-order valence-electron chi connectivity index (χ3n) is 3.70. The lowest BCUT2D eigenvalue weighted by Gasteiger charge is -2.29. The molecule has 1 saturated carbocycles. The molecule has 1 aliphatic carbocycles. The highest BCUT2D eigenvalue weighted by Gasteiger charge is 2.21. The van der Waals surface area contributed by atoms with Crippen molar-refractivity contribution in [1.82, 2.24) is 5.32 Å². The molecule has 0 aliphatic heterocycles. The van der Waals surface area contributed by atoms with Gasteiger partial charge in [0.1, 0.15) is 0 Å². The van der Waals surface area contributed by atoms with Crippen LogP contribution in [0.5, 0.6) is 0 Å². The minimum Gasteiger partial charge on any atom is -0.392 e. The molecule has 1 aromatic carbocycles. The topological polar surface area (TPSA) is 32.3 Å². The summed E-state index contributed by atoms with van der Waals surface area (Å²) in [6.07, 6.45) is 4.75. The van der Waals surface area contributed by atoms with E-state index in [-0.39, 0.29) is 6.10 Å². The Kier molecular flexibility index (Phi) is 4.57. The third-order valence-corrected chi connectivity index (χ3v) is 3.70. The highest BCUT2D eigenvalue weighted by molar-refractivity contribution is 5.20. The molecule has 0 radical (unpaired) electrons. The molecule has 1 fully saturated rings. The van der Waals surface area contributed by atoms with E-state index < -0.39 is 0 Å². The van der Waals surface area contributed by atoms with Gasteiger partial charge in [-0.1, -0.05) is 30.3 Å². The van der Waals surface area contributed by atoms with Crippen LogP contribution < -0.4 is 5.32 Å². The highest BCUT2D eigenvalue weighted by Crippen LogP contribution is 2.32. The molecule has 2 rings (SSSR count). The molecule has 0 bridgehead atoms. The lowest BCUT2D eigenvalue weighted by atomic mass is 9.82. The molecule has 0 amide bonds. The molecular weight excluding hydrogens is 210 g/mol. The van der Waals surface area contributed by atoms with Crippen LogP contribution in [0.1, 0.15) is 44.1 Å². The quantitative estimate of drug-likeness (QED) is 0.838. The molecule has 2 heteroatoms. The van der Waals surface area contributed by atoms with Crippen molar-refractivity contribution in [2.24, 2.45) is 0 Å². The SMILES string of the molecule is CC(O)CNC1CCC(c2ccccc2)CC1. The number of aliphatic hydroxyl groups is 1. The predicted octanol–water partition coefficient (Wildman–Crippen LogP) is 2.68. The standard InChI is InChI=1S/C15H23NO/c1-12(17)11-16-15-9-7-14(8-10-15)13-5-3-2-4-6-13/h2-6,12,14-17H,7-11H2,1H3. The van der Waals surface area contributed by atoms with Gasteiger partial charge in [-0.2, -0.15) is 0 Å². The Balaban J connectivity index is 1.78. The summed E-state index contributed by atoms with van der Waals surface area (Å²) in [7, 11) is 0. The Morgan fingerprint density at radius 3 is 2.41 bits per heavy atom. The molecule has 0 saturated heterocycles. The average Bonchev–Trinajstić information content (AvgIpc) is 2.38. The van der Waals surface area contributed by atoms with Gasteiger partial charge in [-0.05, 0) is 44.1 Å². The molecule has 1 atom stereocenters. The third kappa shape index (κ3) is 3.83. The molecule has 2 N–H and O–H groups in total. The van der Waals surface area contributed by atoms with Crippen LogP contribution in [-0.4, -0.2) is 23.8 Å². The number of aliphatic hydroxyl groups excluding tert-OH is 1. The maximum Gasteiger partial charge on any atom is 0.0636 e. The van der Waals surface area contributed by atoms with Crippen molar-refractivity contribution in [3.63, 3.8) is 0 Å². The van der Waals surface area contributed by atoms with Crippen molar-refractivity contribution in [2.45, 2.75) is 50.7 Å². The second-order valence-corrected chi connectivity index (χ2v) is 5.22. The van der Waals surface area contributed by atoms with Crippen molar-refractivity contribution >= 4 is 0 Å². The molecule has 1 aliphatic rings. The van der Waals surface area contributed by atoms with Gasteiger partial charge < -0.3 is 10.4 Å². The number of benzene rings is 1. The van der Waals surface area contributed by atoms with Gasteiger partial charge in [-0.25, -0.2) is 0 Å². The minimum atomic E-state index is -0.234. The number of hydrogen-bond donors (Lipinski definition) is 2. The average molecular weight is 233 g/mol. The van der Waals surface area contributed by atoms with Crippen LogP contribution in [-0.2, 0) is 0 Å². The van der Waals surface area contributed by atoms with Crippen molar-refractivity contribution < 1.29 is 5.11 Å². The second kappa shape index (κ2) is 6.18. The van der Waals surface area contributed by atoms with Crippen LogP contribution in [0.4, 0.5) is 0 Å². The summed E-state index contributed by atoms with van der Waals surface area (Å²) in [6.45, 7) is 2.56. The Hall–Kier alpha value is -0.860. The van der Waals surface area contributed by atoms with Crippen LogP contribution in [0, 0.1) is 0 Å². The van der Waals surface area contributed by atoms with Gasteiger partial charge in [0.25, 0.3) is 0 Å². The van der Waals surface area contributed by atoms with Gasteiger partial charge >= 0.3 is 0 Å². The van der Waals surface area contributed by atoms with E-state index in [1.165, 1.54) is 31.2 Å². The molecule has 1 aromatic rings. The smallest absolute Gasteiger partial charge is 0.0636 e. The van der Waals surface area contributed by atoms with Crippen LogP contribution in [0.15, 0.2) is 30.3 Å². The lowest BCUT2D eigenvalue weighted by Crippen LogP contribution is -2.36. The largest absolute Gasteiger partial charge is 0.392 e. The van der Waals surface area contributed by atoms with E-state index in [1.807, 2.05) is 6.92 Å². The summed E-state index contributed by atoms with van der Waals surface area (Å²) < 4.78 is 0. The van der Waals surface area contributed by atoms with Crippen molar-refractivity contribution in [3.8, 4) is 0 Å². The Morgan fingerprint density at radius 2 is 1.82 bits per heavy atom. The van der Waals surface area contributed by atoms with E-state index in [1.54, 1.807) is 0 Å². The van der Waals surface area contributed by atoms with E-state index >= 15 is 0 Å². The predicted molar refractivity (Wildman–Crippen MR) is 71.1 cm³/mol. The summed E-state index contributed by atoms with van der Waals surface area (Å²) >= 11 is 0. The molecule has 0 spiro atoms. The summed E-state index contributed by atoms with van der Waals surface area (Å²) in [5.74, 6) is 0.737. The summed E-state index contributed by atoms with van der Waals surface area (Å²) in [5.41, 5.74) is 1.49. The monoisotopic (exact) mass is 233 g/mol. The van der Waals surface area contributed by atoms with Crippen LogP contribution in [0.3, 0.4) is 0 Å². The zero-order chi connectivity index (χ0) is 12.1. The van der Waals surface area contributed by atoms with Crippen molar-refractivity contribution in [3.05, 3.63) is 35.9 Å². The minimum absolute atomic E-state index is 0.234. The molecular formula is C15H23NO. The van der Waals surface area contributed by atoms with E-state index in [2.05, 4.69) is 35.6 Å².